The monoisotopic (exact) mass is 280 g/mol. The minimum atomic E-state index is -0.554. The Morgan fingerprint density at radius 1 is 1.38 bits per heavy atom. The van der Waals surface area contributed by atoms with E-state index in [2.05, 4.69) is 20.9 Å². The number of rotatable bonds is 3. The average Bonchev–Trinajstić information content (AvgIpc) is 2.68. The summed E-state index contributed by atoms with van der Waals surface area (Å²) >= 11 is 3.38. The lowest BCUT2D eigenvalue weighted by atomic mass is 10.1. The predicted octanol–water partition coefficient (Wildman–Crippen LogP) is 2.46. The lowest BCUT2D eigenvalue weighted by Crippen LogP contribution is -2.08. The van der Waals surface area contributed by atoms with E-state index in [1.165, 1.54) is 0 Å². The Morgan fingerprint density at radius 2 is 2.06 bits per heavy atom. The minimum Gasteiger partial charge on any atom is -0.385 e. The highest BCUT2D eigenvalue weighted by Crippen LogP contribution is 2.18. The van der Waals surface area contributed by atoms with Crippen LogP contribution in [-0.4, -0.2) is 14.7 Å². The van der Waals surface area contributed by atoms with E-state index in [9.17, 15) is 5.11 Å². The van der Waals surface area contributed by atoms with Gasteiger partial charge >= 0.3 is 0 Å². The molecule has 0 saturated heterocycles. The highest BCUT2D eigenvalue weighted by Gasteiger charge is 2.12. The number of halogens is 1. The molecular weight excluding hydrogens is 268 g/mol. The van der Waals surface area contributed by atoms with Crippen LogP contribution in [0.1, 0.15) is 17.5 Å². The molecule has 1 N–H and O–H groups in total. The van der Waals surface area contributed by atoms with Crippen molar-refractivity contribution >= 4 is 15.9 Å². The van der Waals surface area contributed by atoms with Gasteiger partial charge in [0, 0.05) is 30.3 Å². The topological polar surface area (TPSA) is 38.0 Å². The number of nitrogens with zero attached hydrogens (tertiary/aromatic N) is 2. The largest absolute Gasteiger partial charge is 0.385 e. The van der Waals surface area contributed by atoms with Gasteiger partial charge in [0.05, 0.1) is 0 Å². The van der Waals surface area contributed by atoms with Crippen LogP contribution in [0.3, 0.4) is 0 Å². The van der Waals surface area contributed by atoms with E-state index in [1.807, 2.05) is 42.1 Å². The van der Waals surface area contributed by atoms with Gasteiger partial charge in [0.15, 0.2) is 0 Å². The van der Waals surface area contributed by atoms with Gasteiger partial charge < -0.3 is 9.67 Å². The first-order valence-corrected chi connectivity index (χ1v) is 5.86. The molecule has 1 unspecified atom stereocenters. The van der Waals surface area contributed by atoms with Gasteiger partial charge in [-0.2, -0.15) is 0 Å². The maximum atomic E-state index is 10.0. The van der Waals surface area contributed by atoms with Crippen LogP contribution >= 0.6 is 15.9 Å². The second-order valence-electron chi connectivity index (χ2n) is 3.74. The molecule has 16 heavy (non-hydrogen) atoms. The third kappa shape index (κ3) is 2.51. The van der Waals surface area contributed by atoms with Crippen LogP contribution in [0.2, 0.25) is 0 Å². The summed E-state index contributed by atoms with van der Waals surface area (Å²) in [5, 5.41) is 10.0. The van der Waals surface area contributed by atoms with Gasteiger partial charge in [-0.05, 0) is 17.7 Å². The van der Waals surface area contributed by atoms with E-state index >= 15 is 0 Å². The third-order valence-corrected chi connectivity index (χ3v) is 3.03. The molecule has 1 aromatic heterocycles. The highest BCUT2D eigenvalue weighted by molar-refractivity contribution is 9.10. The molecule has 3 nitrogen and oxygen atoms in total. The first-order chi connectivity index (χ1) is 7.66. The number of aliphatic hydroxyl groups is 1. The molecular formula is C12H13BrN2O. The molecule has 1 aromatic carbocycles. The lowest BCUT2D eigenvalue weighted by Gasteiger charge is -2.10. The van der Waals surface area contributed by atoms with E-state index < -0.39 is 6.10 Å². The molecule has 1 heterocycles. The van der Waals surface area contributed by atoms with Crippen LogP contribution in [0.5, 0.6) is 0 Å². The standard InChI is InChI=1S/C12H13BrN2O/c1-15-7-6-14-12(15)11(16)8-9-2-4-10(13)5-3-9/h2-7,11,16H,8H2,1H3. The molecule has 0 aliphatic rings. The van der Waals surface area contributed by atoms with Crippen molar-refractivity contribution < 1.29 is 5.11 Å². The van der Waals surface area contributed by atoms with Crippen LogP contribution in [0.4, 0.5) is 0 Å². The molecule has 0 amide bonds. The van der Waals surface area contributed by atoms with Crippen molar-refractivity contribution in [3.8, 4) is 0 Å². The third-order valence-electron chi connectivity index (χ3n) is 2.50. The van der Waals surface area contributed by atoms with Gasteiger partial charge in [-0.25, -0.2) is 4.98 Å². The van der Waals surface area contributed by atoms with Gasteiger partial charge in [-0.15, -0.1) is 0 Å². The molecule has 0 aliphatic heterocycles. The molecule has 84 valence electrons. The molecule has 0 saturated carbocycles. The van der Waals surface area contributed by atoms with Crippen molar-refractivity contribution in [2.75, 3.05) is 0 Å². The fourth-order valence-electron chi connectivity index (χ4n) is 1.63. The maximum absolute atomic E-state index is 10.0. The lowest BCUT2D eigenvalue weighted by molar-refractivity contribution is 0.165. The average molecular weight is 281 g/mol. The van der Waals surface area contributed by atoms with Crippen molar-refractivity contribution in [2.45, 2.75) is 12.5 Å². The van der Waals surface area contributed by atoms with E-state index in [0.29, 0.717) is 12.2 Å². The second-order valence-corrected chi connectivity index (χ2v) is 4.66. The number of aromatic nitrogens is 2. The van der Waals surface area contributed by atoms with Crippen LogP contribution in [0.15, 0.2) is 41.1 Å². The predicted molar refractivity (Wildman–Crippen MR) is 66.0 cm³/mol. The molecule has 2 aromatic rings. The summed E-state index contributed by atoms with van der Waals surface area (Å²) in [6.45, 7) is 0. The van der Waals surface area contributed by atoms with Gasteiger partial charge in [0.2, 0.25) is 0 Å². The Morgan fingerprint density at radius 3 is 2.62 bits per heavy atom. The van der Waals surface area contributed by atoms with Gasteiger partial charge in [-0.1, -0.05) is 28.1 Å². The van der Waals surface area contributed by atoms with Crippen LogP contribution in [0, 0.1) is 0 Å². The fourth-order valence-corrected chi connectivity index (χ4v) is 1.90. The molecule has 4 heteroatoms. The van der Waals surface area contributed by atoms with Crippen molar-refractivity contribution in [1.82, 2.24) is 9.55 Å². The van der Waals surface area contributed by atoms with Gasteiger partial charge in [0.1, 0.15) is 11.9 Å². The maximum Gasteiger partial charge on any atom is 0.137 e. The number of aryl methyl sites for hydroxylation is 1. The van der Waals surface area contributed by atoms with Crippen LogP contribution < -0.4 is 0 Å². The zero-order valence-electron chi connectivity index (χ0n) is 8.97. The van der Waals surface area contributed by atoms with Crippen molar-refractivity contribution in [3.05, 3.63) is 52.5 Å². The molecule has 0 fully saturated rings. The molecule has 0 bridgehead atoms. The van der Waals surface area contributed by atoms with Crippen LogP contribution in [-0.2, 0) is 13.5 Å². The fraction of sp³-hybridized carbons (Fsp3) is 0.250. The molecule has 0 spiro atoms. The highest BCUT2D eigenvalue weighted by atomic mass is 79.9. The van der Waals surface area contributed by atoms with Crippen LogP contribution in [0.25, 0.3) is 0 Å². The number of hydrogen-bond donors (Lipinski definition) is 1. The minimum absolute atomic E-state index is 0.554. The quantitative estimate of drug-likeness (QED) is 0.938. The molecule has 1 atom stereocenters. The van der Waals surface area contributed by atoms with Gasteiger partial charge in [-0.3, -0.25) is 0 Å². The number of imidazole rings is 1. The van der Waals surface area contributed by atoms with E-state index in [-0.39, 0.29) is 0 Å². The summed E-state index contributed by atoms with van der Waals surface area (Å²) in [5.74, 6) is 0.697. The van der Waals surface area contributed by atoms with E-state index in [0.717, 1.165) is 10.0 Å². The Bertz CT molecular complexity index is 464. The Kier molecular flexibility index (Phi) is 3.41. The zero-order chi connectivity index (χ0) is 11.5. The summed E-state index contributed by atoms with van der Waals surface area (Å²) in [5.41, 5.74) is 1.10. The number of aliphatic hydroxyl groups excluding tert-OH is 1. The Hall–Kier alpha value is -1.13. The van der Waals surface area contributed by atoms with E-state index in [1.54, 1.807) is 6.20 Å². The van der Waals surface area contributed by atoms with Crippen molar-refractivity contribution in [1.29, 1.82) is 0 Å². The SMILES string of the molecule is Cn1ccnc1C(O)Cc1ccc(Br)cc1. The smallest absolute Gasteiger partial charge is 0.137 e. The van der Waals surface area contributed by atoms with Gasteiger partial charge in [0.25, 0.3) is 0 Å². The normalized spacial score (nSPS) is 12.7. The number of benzene rings is 1. The van der Waals surface area contributed by atoms with Crippen molar-refractivity contribution in [3.63, 3.8) is 0 Å². The Labute approximate surface area is 103 Å². The van der Waals surface area contributed by atoms with Crippen molar-refractivity contribution in [2.24, 2.45) is 7.05 Å². The first-order valence-electron chi connectivity index (χ1n) is 5.06. The molecule has 2 rings (SSSR count). The summed E-state index contributed by atoms with van der Waals surface area (Å²) in [7, 11) is 1.88. The summed E-state index contributed by atoms with van der Waals surface area (Å²) in [4.78, 5) is 4.13. The first kappa shape index (κ1) is 11.4. The number of hydrogen-bond acceptors (Lipinski definition) is 2. The molecule has 0 radical (unpaired) electrons. The second kappa shape index (κ2) is 4.80. The molecule has 0 aliphatic carbocycles. The summed E-state index contributed by atoms with van der Waals surface area (Å²) < 4.78 is 2.88. The zero-order valence-corrected chi connectivity index (χ0v) is 10.6. The van der Waals surface area contributed by atoms with E-state index in [4.69, 9.17) is 0 Å². The summed E-state index contributed by atoms with van der Waals surface area (Å²) in [6.07, 6.45) is 3.56. The summed E-state index contributed by atoms with van der Waals surface area (Å²) in [6, 6.07) is 7.94. The Balaban J connectivity index is 2.10.